The Balaban J connectivity index is 2.45. The highest BCUT2D eigenvalue weighted by Gasteiger charge is 2.15. The Labute approximate surface area is 131 Å². The summed E-state index contributed by atoms with van der Waals surface area (Å²) in [6, 6.07) is 4.69. The van der Waals surface area contributed by atoms with Gasteiger partial charge in [0.25, 0.3) is 0 Å². The Bertz CT molecular complexity index is 602. The molecule has 1 aromatic rings. The number of nitrogens with one attached hydrogen (secondary N) is 2. The number of rotatable bonds is 6. The molecule has 21 heavy (non-hydrogen) atoms. The molecule has 0 spiro atoms. The van der Waals surface area contributed by atoms with Crippen LogP contribution < -0.4 is 10.6 Å². The van der Waals surface area contributed by atoms with Crippen LogP contribution in [0.3, 0.4) is 0 Å². The normalized spacial score (nSPS) is 12.8. The summed E-state index contributed by atoms with van der Waals surface area (Å²) in [5, 5.41) is 5.99. The third-order valence-electron chi connectivity index (χ3n) is 3.00. The van der Waals surface area contributed by atoms with Crippen LogP contribution in [0, 0.1) is 6.92 Å². The summed E-state index contributed by atoms with van der Waals surface area (Å²) in [6.45, 7) is 5.50. The predicted molar refractivity (Wildman–Crippen MR) is 85.4 cm³/mol. The van der Waals surface area contributed by atoms with Gasteiger partial charge in [0.1, 0.15) is 0 Å². The maximum absolute atomic E-state index is 11.7. The fourth-order valence-electron chi connectivity index (χ4n) is 1.81. The van der Waals surface area contributed by atoms with Crippen molar-refractivity contribution in [3.63, 3.8) is 0 Å². The maximum atomic E-state index is 11.7. The Morgan fingerprint density at radius 1 is 1.38 bits per heavy atom. The minimum Gasteiger partial charge on any atom is -0.335 e. The van der Waals surface area contributed by atoms with Gasteiger partial charge in [0.2, 0.25) is 0 Å². The third kappa shape index (κ3) is 6.35. The number of hydrogen-bond donors (Lipinski definition) is 2. The van der Waals surface area contributed by atoms with Gasteiger partial charge in [0.05, 0.1) is 5.75 Å². The second-order valence-electron chi connectivity index (χ2n) is 5.01. The van der Waals surface area contributed by atoms with E-state index in [9.17, 15) is 13.2 Å². The summed E-state index contributed by atoms with van der Waals surface area (Å²) in [4.78, 5) is 11.7. The van der Waals surface area contributed by atoms with Gasteiger partial charge in [-0.05, 0) is 31.0 Å². The Hall–Kier alpha value is -1.27. The number of urea groups is 1. The molecule has 0 saturated heterocycles. The number of benzene rings is 1. The van der Waals surface area contributed by atoms with Gasteiger partial charge in [0, 0.05) is 23.4 Å². The minimum atomic E-state index is -3.10. The zero-order valence-electron chi connectivity index (χ0n) is 12.4. The summed E-state index contributed by atoms with van der Waals surface area (Å²) in [5.41, 5.74) is 1.87. The third-order valence-corrected chi connectivity index (χ3v) is 5.31. The largest absolute Gasteiger partial charge is 0.335 e. The van der Waals surface area contributed by atoms with Gasteiger partial charge in [-0.3, -0.25) is 0 Å². The van der Waals surface area contributed by atoms with Gasteiger partial charge in [-0.1, -0.05) is 30.7 Å². The van der Waals surface area contributed by atoms with Crippen molar-refractivity contribution >= 4 is 27.5 Å². The molecule has 0 heterocycles. The molecule has 2 N–H and O–H groups in total. The van der Waals surface area contributed by atoms with Crippen LogP contribution in [0.2, 0.25) is 5.02 Å². The lowest BCUT2D eigenvalue weighted by Gasteiger charge is -2.14. The fraction of sp³-hybridized carbons (Fsp3) is 0.500. The highest BCUT2D eigenvalue weighted by Crippen LogP contribution is 2.15. The van der Waals surface area contributed by atoms with Crippen molar-refractivity contribution < 1.29 is 13.2 Å². The first-order valence-electron chi connectivity index (χ1n) is 6.73. The SMILES string of the molecule is CCS(=O)(=O)C[C@H](C)NC(=O)NCc1ccc(Cl)c(C)c1. The summed E-state index contributed by atoms with van der Waals surface area (Å²) < 4.78 is 22.9. The van der Waals surface area contributed by atoms with Crippen molar-refractivity contribution in [1.82, 2.24) is 10.6 Å². The quantitative estimate of drug-likeness (QED) is 0.839. The lowest BCUT2D eigenvalue weighted by atomic mass is 10.1. The van der Waals surface area contributed by atoms with E-state index in [4.69, 9.17) is 11.6 Å². The molecular formula is C14H21ClN2O3S. The molecule has 1 atom stereocenters. The fourth-order valence-corrected chi connectivity index (χ4v) is 3.01. The predicted octanol–water partition coefficient (Wildman–Crippen LogP) is 2.27. The van der Waals surface area contributed by atoms with Gasteiger partial charge in [-0.2, -0.15) is 0 Å². The van der Waals surface area contributed by atoms with Gasteiger partial charge in [-0.15, -0.1) is 0 Å². The average Bonchev–Trinajstić information content (AvgIpc) is 2.39. The van der Waals surface area contributed by atoms with Crippen molar-refractivity contribution in [3.8, 4) is 0 Å². The summed E-state index contributed by atoms with van der Waals surface area (Å²) in [5.74, 6) is 0.0155. The molecule has 0 saturated carbocycles. The van der Waals surface area contributed by atoms with Crippen LogP contribution in [0.4, 0.5) is 4.79 Å². The van der Waals surface area contributed by atoms with E-state index in [2.05, 4.69) is 10.6 Å². The number of hydrogen-bond acceptors (Lipinski definition) is 3. The van der Waals surface area contributed by atoms with Gasteiger partial charge in [-0.25, -0.2) is 13.2 Å². The number of carbonyl (C=O) groups is 1. The second-order valence-corrected chi connectivity index (χ2v) is 7.82. The van der Waals surface area contributed by atoms with Gasteiger partial charge in [0.15, 0.2) is 9.84 Å². The second kappa shape index (κ2) is 7.66. The van der Waals surface area contributed by atoms with E-state index >= 15 is 0 Å². The number of amides is 2. The molecule has 118 valence electrons. The molecule has 0 bridgehead atoms. The number of halogens is 1. The van der Waals surface area contributed by atoms with Crippen molar-refractivity contribution in [1.29, 1.82) is 0 Å². The highest BCUT2D eigenvalue weighted by molar-refractivity contribution is 7.91. The minimum absolute atomic E-state index is 0.0586. The lowest BCUT2D eigenvalue weighted by molar-refractivity contribution is 0.238. The number of aryl methyl sites for hydroxylation is 1. The number of sulfone groups is 1. The molecule has 0 fully saturated rings. The average molecular weight is 333 g/mol. The molecule has 7 heteroatoms. The van der Waals surface area contributed by atoms with E-state index in [0.717, 1.165) is 11.1 Å². The molecule has 0 aromatic heterocycles. The Morgan fingerprint density at radius 3 is 2.62 bits per heavy atom. The first-order chi connectivity index (χ1) is 9.73. The Morgan fingerprint density at radius 2 is 2.05 bits per heavy atom. The van der Waals surface area contributed by atoms with E-state index in [1.54, 1.807) is 19.9 Å². The van der Waals surface area contributed by atoms with Gasteiger partial charge < -0.3 is 10.6 Å². The van der Waals surface area contributed by atoms with Crippen LogP contribution in [-0.2, 0) is 16.4 Å². The van der Waals surface area contributed by atoms with Crippen LogP contribution in [-0.4, -0.2) is 32.0 Å². The van der Waals surface area contributed by atoms with Crippen LogP contribution in [0.5, 0.6) is 0 Å². The first-order valence-corrected chi connectivity index (χ1v) is 8.93. The van der Waals surface area contributed by atoms with E-state index in [1.807, 2.05) is 19.1 Å². The standard InChI is InChI=1S/C14H21ClN2O3S/c1-4-21(19,20)9-11(3)17-14(18)16-8-12-5-6-13(15)10(2)7-12/h5-7,11H,4,8-9H2,1-3H3,(H2,16,17,18)/t11-/m0/s1. The molecule has 0 aliphatic rings. The molecule has 0 unspecified atom stereocenters. The van der Waals surface area contributed by atoms with Crippen LogP contribution >= 0.6 is 11.6 Å². The monoisotopic (exact) mass is 332 g/mol. The summed E-state index contributed by atoms with van der Waals surface area (Å²) in [6.07, 6.45) is 0. The first kappa shape index (κ1) is 17.8. The van der Waals surface area contributed by atoms with Crippen LogP contribution in [0.1, 0.15) is 25.0 Å². The lowest BCUT2D eigenvalue weighted by Crippen LogP contribution is -2.43. The van der Waals surface area contributed by atoms with Crippen LogP contribution in [0.25, 0.3) is 0 Å². The molecule has 1 aromatic carbocycles. The highest BCUT2D eigenvalue weighted by atomic mass is 35.5. The van der Waals surface area contributed by atoms with E-state index in [1.165, 1.54) is 0 Å². The molecular weight excluding hydrogens is 312 g/mol. The zero-order chi connectivity index (χ0) is 16.0. The molecule has 0 aliphatic heterocycles. The number of carbonyl (C=O) groups excluding carboxylic acids is 1. The summed E-state index contributed by atoms with van der Waals surface area (Å²) in [7, 11) is -3.10. The summed E-state index contributed by atoms with van der Waals surface area (Å²) >= 11 is 5.93. The maximum Gasteiger partial charge on any atom is 0.315 e. The van der Waals surface area contributed by atoms with E-state index in [-0.39, 0.29) is 17.5 Å². The Kier molecular flexibility index (Phi) is 6.48. The van der Waals surface area contributed by atoms with Crippen molar-refractivity contribution in [2.45, 2.75) is 33.4 Å². The van der Waals surface area contributed by atoms with Crippen molar-refractivity contribution in [2.24, 2.45) is 0 Å². The molecule has 5 nitrogen and oxygen atoms in total. The molecule has 2 amide bonds. The van der Waals surface area contributed by atoms with Crippen molar-refractivity contribution in [3.05, 3.63) is 34.3 Å². The zero-order valence-corrected chi connectivity index (χ0v) is 14.0. The van der Waals surface area contributed by atoms with Crippen LogP contribution in [0.15, 0.2) is 18.2 Å². The van der Waals surface area contributed by atoms with E-state index in [0.29, 0.717) is 11.6 Å². The topological polar surface area (TPSA) is 75.3 Å². The molecule has 0 radical (unpaired) electrons. The van der Waals surface area contributed by atoms with E-state index < -0.39 is 15.9 Å². The smallest absolute Gasteiger partial charge is 0.315 e. The molecule has 0 aliphatic carbocycles. The van der Waals surface area contributed by atoms with Gasteiger partial charge >= 0.3 is 6.03 Å². The van der Waals surface area contributed by atoms with Crippen molar-refractivity contribution in [2.75, 3.05) is 11.5 Å². The molecule has 1 rings (SSSR count).